The number of nitrogens with zero attached hydrogens (tertiary/aromatic N) is 2. The van der Waals surface area contributed by atoms with Crippen molar-refractivity contribution in [3.8, 4) is 11.5 Å². The Morgan fingerprint density at radius 1 is 0.970 bits per heavy atom. The molecule has 0 unspecified atom stereocenters. The van der Waals surface area contributed by atoms with Gasteiger partial charge in [-0.05, 0) is 43.0 Å². The van der Waals surface area contributed by atoms with Gasteiger partial charge in [0.1, 0.15) is 5.82 Å². The Morgan fingerprint density at radius 3 is 2.45 bits per heavy atom. The molecule has 1 aliphatic carbocycles. The molecule has 1 atom stereocenters. The number of anilines is 1. The van der Waals surface area contributed by atoms with Gasteiger partial charge in [0.2, 0.25) is 12.7 Å². The summed E-state index contributed by atoms with van der Waals surface area (Å²) >= 11 is 0. The van der Waals surface area contributed by atoms with Crippen molar-refractivity contribution in [1.82, 2.24) is 9.80 Å². The minimum atomic E-state index is -0.503. The van der Waals surface area contributed by atoms with Gasteiger partial charge in [0, 0.05) is 37.9 Å². The van der Waals surface area contributed by atoms with Crippen molar-refractivity contribution in [2.75, 3.05) is 38.3 Å². The van der Waals surface area contributed by atoms with E-state index in [1.807, 2.05) is 6.07 Å². The number of piperazine rings is 1. The highest BCUT2D eigenvalue weighted by Gasteiger charge is 2.37. The summed E-state index contributed by atoms with van der Waals surface area (Å²) in [5, 5.41) is 3.07. The summed E-state index contributed by atoms with van der Waals surface area (Å²) < 4.78 is 24.9. The van der Waals surface area contributed by atoms with Crippen molar-refractivity contribution in [1.29, 1.82) is 0 Å². The SMILES string of the molecule is O=C(Nc1ccc2c(c1)OCO2)[C@H](C1CCCC1)N1CCN(C(=O)c2ccccc2F)CC1. The lowest BCUT2D eigenvalue weighted by molar-refractivity contribution is -0.123. The van der Waals surface area contributed by atoms with Crippen LogP contribution < -0.4 is 14.8 Å². The van der Waals surface area contributed by atoms with Crippen molar-refractivity contribution >= 4 is 17.5 Å². The second-order valence-corrected chi connectivity index (χ2v) is 8.85. The molecule has 2 fully saturated rings. The molecule has 7 nitrogen and oxygen atoms in total. The fourth-order valence-electron chi connectivity index (χ4n) is 5.15. The minimum absolute atomic E-state index is 0.0327. The van der Waals surface area contributed by atoms with Crippen LogP contribution in [0.4, 0.5) is 10.1 Å². The largest absolute Gasteiger partial charge is 0.454 e. The van der Waals surface area contributed by atoms with Gasteiger partial charge in [0.05, 0.1) is 11.6 Å². The summed E-state index contributed by atoms with van der Waals surface area (Å²) in [6.45, 7) is 2.28. The summed E-state index contributed by atoms with van der Waals surface area (Å²) in [7, 11) is 0. The van der Waals surface area contributed by atoms with Crippen molar-refractivity contribution in [2.45, 2.75) is 31.7 Å². The highest BCUT2D eigenvalue weighted by Crippen LogP contribution is 2.35. The van der Waals surface area contributed by atoms with Crippen LogP contribution in [0, 0.1) is 11.7 Å². The molecule has 2 aliphatic heterocycles. The van der Waals surface area contributed by atoms with Gasteiger partial charge in [-0.3, -0.25) is 14.5 Å². The molecule has 3 aliphatic rings. The normalized spacial score (nSPS) is 19.5. The lowest BCUT2D eigenvalue weighted by Gasteiger charge is -2.40. The van der Waals surface area contributed by atoms with E-state index in [1.165, 1.54) is 12.1 Å². The van der Waals surface area contributed by atoms with E-state index >= 15 is 0 Å². The van der Waals surface area contributed by atoms with Gasteiger partial charge < -0.3 is 19.7 Å². The second-order valence-electron chi connectivity index (χ2n) is 8.85. The third-order valence-electron chi connectivity index (χ3n) is 6.85. The number of rotatable bonds is 5. The Balaban J connectivity index is 1.27. The summed E-state index contributed by atoms with van der Waals surface area (Å²) in [5.74, 6) is 0.760. The van der Waals surface area contributed by atoms with Crippen molar-refractivity contribution in [3.63, 3.8) is 0 Å². The van der Waals surface area contributed by atoms with Crippen LogP contribution in [-0.4, -0.2) is 60.6 Å². The molecule has 0 aromatic heterocycles. The molecule has 2 aromatic rings. The van der Waals surface area contributed by atoms with Gasteiger partial charge in [-0.2, -0.15) is 0 Å². The first-order chi connectivity index (χ1) is 16.1. The molecule has 1 N–H and O–H groups in total. The van der Waals surface area contributed by atoms with Crippen molar-refractivity contribution in [2.24, 2.45) is 5.92 Å². The fourth-order valence-corrected chi connectivity index (χ4v) is 5.15. The zero-order chi connectivity index (χ0) is 22.8. The molecule has 2 amide bonds. The van der Waals surface area contributed by atoms with E-state index in [1.54, 1.807) is 29.2 Å². The first-order valence-corrected chi connectivity index (χ1v) is 11.6. The fraction of sp³-hybridized carbons (Fsp3) is 0.440. The number of benzene rings is 2. The average Bonchev–Trinajstić information content (AvgIpc) is 3.52. The average molecular weight is 454 g/mol. The molecule has 0 spiro atoms. The predicted molar refractivity (Wildman–Crippen MR) is 121 cm³/mol. The lowest BCUT2D eigenvalue weighted by Crippen LogP contribution is -2.57. The monoisotopic (exact) mass is 453 g/mol. The topological polar surface area (TPSA) is 71.1 Å². The summed E-state index contributed by atoms with van der Waals surface area (Å²) in [5.41, 5.74) is 0.777. The molecular weight excluding hydrogens is 425 g/mol. The lowest BCUT2D eigenvalue weighted by atomic mass is 9.94. The molecule has 8 heteroatoms. The van der Waals surface area contributed by atoms with Gasteiger partial charge in [0.15, 0.2) is 11.5 Å². The Labute approximate surface area is 192 Å². The Hall–Kier alpha value is -3.13. The number of carbonyl (C=O) groups excluding carboxylic acids is 2. The van der Waals surface area contributed by atoms with Gasteiger partial charge in [-0.15, -0.1) is 0 Å². The predicted octanol–water partition coefficient (Wildman–Crippen LogP) is 3.51. The van der Waals surface area contributed by atoms with E-state index < -0.39 is 5.82 Å². The summed E-state index contributed by atoms with van der Waals surface area (Å²) in [6, 6.07) is 11.2. The summed E-state index contributed by atoms with van der Waals surface area (Å²) in [4.78, 5) is 30.1. The molecule has 5 rings (SSSR count). The highest BCUT2D eigenvalue weighted by atomic mass is 19.1. The van der Waals surface area contributed by atoms with Crippen LogP contribution in [0.1, 0.15) is 36.0 Å². The molecule has 174 valence electrons. The van der Waals surface area contributed by atoms with Gasteiger partial charge in [-0.25, -0.2) is 4.39 Å². The number of nitrogens with one attached hydrogen (secondary N) is 1. The number of halogens is 1. The molecule has 2 aromatic carbocycles. The number of amides is 2. The molecule has 1 saturated carbocycles. The van der Waals surface area contributed by atoms with Gasteiger partial charge >= 0.3 is 0 Å². The number of hydrogen-bond acceptors (Lipinski definition) is 5. The molecule has 1 saturated heterocycles. The molecule has 0 radical (unpaired) electrons. The highest BCUT2D eigenvalue weighted by molar-refractivity contribution is 5.96. The van der Waals surface area contributed by atoms with Crippen molar-refractivity contribution < 1.29 is 23.5 Å². The maximum absolute atomic E-state index is 14.1. The molecular formula is C25H28FN3O4. The zero-order valence-electron chi connectivity index (χ0n) is 18.5. The van der Waals surface area contributed by atoms with Gasteiger partial charge in [-0.1, -0.05) is 25.0 Å². The van der Waals surface area contributed by atoms with Crippen LogP contribution in [0.2, 0.25) is 0 Å². The van der Waals surface area contributed by atoms with E-state index in [-0.39, 0.29) is 36.1 Å². The first-order valence-electron chi connectivity index (χ1n) is 11.6. The van der Waals surface area contributed by atoms with Gasteiger partial charge in [0.25, 0.3) is 5.91 Å². The standard InChI is InChI=1S/C25H28FN3O4/c26-20-8-4-3-7-19(20)25(31)29-13-11-28(12-14-29)23(17-5-1-2-6-17)24(30)27-18-9-10-21-22(15-18)33-16-32-21/h3-4,7-10,15,17,23H,1-2,5-6,11-14,16H2,(H,27,30)/t23-/m0/s1. The van der Waals surface area contributed by atoms with Crippen LogP contribution in [-0.2, 0) is 4.79 Å². The third kappa shape index (κ3) is 4.53. The van der Waals surface area contributed by atoms with E-state index in [0.717, 1.165) is 25.7 Å². The molecule has 33 heavy (non-hydrogen) atoms. The smallest absolute Gasteiger partial charge is 0.256 e. The van der Waals surface area contributed by atoms with Crippen LogP contribution in [0.3, 0.4) is 0 Å². The van der Waals surface area contributed by atoms with Crippen LogP contribution in [0.5, 0.6) is 11.5 Å². The minimum Gasteiger partial charge on any atom is -0.454 e. The van der Waals surface area contributed by atoms with E-state index in [4.69, 9.17) is 9.47 Å². The van der Waals surface area contributed by atoms with Crippen LogP contribution >= 0.6 is 0 Å². The third-order valence-corrected chi connectivity index (χ3v) is 6.85. The number of fused-ring (bicyclic) bond motifs is 1. The second kappa shape index (κ2) is 9.39. The zero-order valence-corrected chi connectivity index (χ0v) is 18.5. The quantitative estimate of drug-likeness (QED) is 0.750. The number of hydrogen-bond donors (Lipinski definition) is 1. The maximum atomic E-state index is 14.1. The summed E-state index contributed by atoms with van der Waals surface area (Å²) in [6.07, 6.45) is 4.30. The molecule has 0 bridgehead atoms. The first kappa shape index (κ1) is 21.7. The maximum Gasteiger partial charge on any atom is 0.256 e. The Morgan fingerprint density at radius 2 is 1.70 bits per heavy atom. The Bertz CT molecular complexity index is 1030. The van der Waals surface area contributed by atoms with E-state index in [0.29, 0.717) is 43.4 Å². The van der Waals surface area contributed by atoms with Crippen LogP contribution in [0.25, 0.3) is 0 Å². The van der Waals surface area contributed by atoms with Crippen LogP contribution in [0.15, 0.2) is 42.5 Å². The number of carbonyl (C=O) groups is 2. The van der Waals surface area contributed by atoms with E-state index in [9.17, 15) is 14.0 Å². The molecule has 2 heterocycles. The van der Waals surface area contributed by atoms with Crippen molar-refractivity contribution in [3.05, 3.63) is 53.8 Å². The van der Waals surface area contributed by atoms with E-state index in [2.05, 4.69) is 10.2 Å². The number of ether oxygens (including phenoxy) is 2. The Kier molecular flexibility index (Phi) is 6.17.